The fourth-order valence-corrected chi connectivity index (χ4v) is 1.56. The molecule has 0 amide bonds. The van der Waals surface area contributed by atoms with Gasteiger partial charge in [0, 0.05) is 18.4 Å². The average Bonchev–Trinajstić information content (AvgIpc) is 2.86. The van der Waals surface area contributed by atoms with Crippen LogP contribution < -0.4 is 5.32 Å². The molecule has 2 heterocycles. The summed E-state index contributed by atoms with van der Waals surface area (Å²) in [5, 5.41) is 13.7. The van der Waals surface area contributed by atoms with Gasteiger partial charge in [0.2, 0.25) is 0 Å². The zero-order valence-corrected chi connectivity index (χ0v) is 9.87. The maximum Gasteiger partial charge on any atom is 0.433 e. The van der Waals surface area contributed by atoms with Gasteiger partial charge in [-0.2, -0.15) is 0 Å². The van der Waals surface area contributed by atoms with Crippen molar-refractivity contribution in [3.05, 3.63) is 58.1 Å². The third kappa shape index (κ3) is 2.92. The quantitative estimate of drug-likeness (QED) is 0.648. The van der Waals surface area contributed by atoms with Crippen LogP contribution in [0.1, 0.15) is 24.3 Å². The van der Waals surface area contributed by atoms with E-state index in [1.807, 2.05) is 19.1 Å². The fourth-order valence-electron chi connectivity index (χ4n) is 1.56. The van der Waals surface area contributed by atoms with E-state index in [0.29, 0.717) is 12.3 Å². The van der Waals surface area contributed by atoms with Crippen LogP contribution in [-0.2, 0) is 6.54 Å². The molecule has 1 atom stereocenters. The van der Waals surface area contributed by atoms with E-state index in [4.69, 9.17) is 4.42 Å². The molecule has 0 saturated heterocycles. The summed E-state index contributed by atoms with van der Waals surface area (Å²) in [5.74, 6) is 0.304. The summed E-state index contributed by atoms with van der Waals surface area (Å²) >= 11 is 0. The number of nitrogens with one attached hydrogen (secondary N) is 1. The van der Waals surface area contributed by atoms with Gasteiger partial charge in [-0.25, -0.2) is 0 Å². The first-order valence-electron chi connectivity index (χ1n) is 5.53. The van der Waals surface area contributed by atoms with Crippen LogP contribution in [0.3, 0.4) is 0 Å². The summed E-state index contributed by atoms with van der Waals surface area (Å²) < 4.78 is 5.05. The van der Waals surface area contributed by atoms with E-state index in [9.17, 15) is 10.1 Å². The first kappa shape index (κ1) is 12.3. The maximum absolute atomic E-state index is 10.5. The minimum absolute atomic E-state index is 0.0999. The minimum atomic E-state index is -0.548. The molecule has 0 aliphatic heterocycles. The monoisotopic (exact) mass is 247 g/mol. The summed E-state index contributed by atoms with van der Waals surface area (Å²) in [5.41, 5.74) is 1.05. The zero-order valence-electron chi connectivity index (χ0n) is 9.87. The van der Waals surface area contributed by atoms with Crippen molar-refractivity contribution in [1.82, 2.24) is 10.3 Å². The molecule has 94 valence electrons. The van der Waals surface area contributed by atoms with Gasteiger partial charge in [-0.1, -0.05) is 6.07 Å². The first-order chi connectivity index (χ1) is 8.66. The molecule has 0 fully saturated rings. The number of aromatic nitrogens is 1. The highest BCUT2D eigenvalue weighted by Gasteiger charge is 2.12. The van der Waals surface area contributed by atoms with Crippen LogP contribution in [0.2, 0.25) is 0 Å². The molecular weight excluding hydrogens is 234 g/mol. The van der Waals surface area contributed by atoms with Gasteiger partial charge in [0.15, 0.2) is 0 Å². The van der Waals surface area contributed by atoms with Gasteiger partial charge in [-0.3, -0.25) is 15.1 Å². The molecule has 0 aliphatic rings. The molecular formula is C12H13N3O3. The Hall–Kier alpha value is -2.21. The third-order valence-corrected chi connectivity index (χ3v) is 2.59. The van der Waals surface area contributed by atoms with Gasteiger partial charge in [0.1, 0.15) is 10.7 Å². The van der Waals surface area contributed by atoms with Gasteiger partial charge in [0.25, 0.3) is 0 Å². The summed E-state index contributed by atoms with van der Waals surface area (Å²) in [6.07, 6.45) is 3.49. The Labute approximate surface area is 104 Å². The molecule has 2 aromatic rings. The van der Waals surface area contributed by atoms with E-state index in [0.717, 1.165) is 5.56 Å². The van der Waals surface area contributed by atoms with Crippen molar-refractivity contribution in [2.24, 2.45) is 0 Å². The minimum Gasteiger partial charge on any atom is -0.404 e. The number of nitrogens with zero attached hydrogens (tertiary/aromatic N) is 2. The van der Waals surface area contributed by atoms with Crippen LogP contribution in [0.5, 0.6) is 0 Å². The lowest BCUT2D eigenvalue weighted by Crippen LogP contribution is -2.17. The van der Waals surface area contributed by atoms with Gasteiger partial charge in [0.05, 0.1) is 12.6 Å². The smallest absolute Gasteiger partial charge is 0.404 e. The van der Waals surface area contributed by atoms with Crippen molar-refractivity contribution in [2.75, 3.05) is 0 Å². The largest absolute Gasteiger partial charge is 0.433 e. The van der Waals surface area contributed by atoms with Gasteiger partial charge < -0.3 is 9.73 Å². The highest BCUT2D eigenvalue weighted by Crippen LogP contribution is 2.17. The zero-order chi connectivity index (χ0) is 13.0. The Balaban J connectivity index is 1.93. The van der Waals surface area contributed by atoms with Gasteiger partial charge >= 0.3 is 5.88 Å². The summed E-state index contributed by atoms with van der Waals surface area (Å²) in [7, 11) is 0. The SMILES string of the molecule is C[C@@H](NCc1ccc([N+](=O)[O-])o1)c1cccnc1. The topological polar surface area (TPSA) is 81.2 Å². The molecule has 6 heteroatoms. The Morgan fingerprint density at radius 1 is 1.50 bits per heavy atom. The number of rotatable bonds is 5. The van der Waals surface area contributed by atoms with Crippen LogP contribution in [0.25, 0.3) is 0 Å². The molecule has 6 nitrogen and oxygen atoms in total. The molecule has 0 aliphatic carbocycles. The lowest BCUT2D eigenvalue weighted by atomic mass is 10.1. The molecule has 1 N–H and O–H groups in total. The predicted molar refractivity (Wildman–Crippen MR) is 64.9 cm³/mol. The Morgan fingerprint density at radius 3 is 2.94 bits per heavy atom. The van der Waals surface area contributed by atoms with Crippen LogP contribution in [0.4, 0.5) is 5.88 Å². The standard InChI is InChI=1S/C12H13N3O3/c1-9(10-3-2-6-13-7-10)14-8-11-4-5-12(18-11)15(16)17/h2-7,9,14H,8H2,1H3/t9-/m1/s1. The van der Waals surface area contributed by atoms with Crippen molar-refractivity contribution in [2.45, 2.75) is 19.5 Å². The van der Waals surface area contributed by atoms with Crippen LogP contribution in [0, 0.1) is 10.1 Å². The first-order valence-corrected chi connectivity index (χ1v) is 5.53. The van der Waals surface area contributed by atoms with E-state index in [2.05, 4.69) is 10.3 Å². The second-order valence-corrected chi connectivity index (χ2v) is 3.89. The van der Waals surface area contributed by atoms with Gasteiger partial charge in [-0.15, -0.1) is 0 Å². The van der Waals surface area contributed by atoms with Crippen molar-refractivity contribution in [3.63, 3.8) is 0 Å². The molecule has 0 aromatic carbocycles. The van der Waals surface area contributed by atoms with E-state index in [1.54, 1.807) is 18.5 Å². The normalized spacial score (nSPS) is 12.3. The van der Waals surface area contributed by atoms with Crippen molar-refractivity contribution in [1.29, 1.82) is 0 Å². The fraction of sp³-hybridized carbons (Fsp3) is 0.250. The number of furan rings is 1. The Bertz CT molecular complexity index is 524. The molecule has 2 aromatic heterocycles. The van der Waals surface area contributed by atoms with Crippen molar-refractivity contribution < 1.29 is 9.34 Å². The number of pyridine rings is 1. The lowest BCUT2D eigenvalue weighted by Gasteiger charge is -2.12. The Kier molecular flexibility index (Phi) is 3.69. The van der Waals surface area contributed by atoms with Crippen molar-refractivity contribution in [3.8, 4) is 0 Å². The maximum atomic E-state index is 10.5. The summed E-state index contributed by atoms with van der Waals surface area (Å²) in [6.45, 7) is 2.43. The van der Waals surface area contributed by atoms with E-state index < -0.39 is 4.92 Å². The predicted octanol–water partition coefficient (Wildman–Crippen LogP) is 2.43. The van der Waals surface area contributed by atoms with Crippen LogP contribution in [0.15, 0.2) is 41.1 Å². The molecule has 0 radical (unpaired) electrons. The number of hydrogen-bond acceptors (Lipinski definition) is 5. The highest BCUT2D eigenvalue weighted by molar-refractivity contribution is 5.18. The molecule has 0 bridgehead atoms. The van der Waals surface area contributed by atoms with E-state index in [-0.39, 0.29) is 11.9 Å². The second-order valence-electron chi connectivity index (χ2n) is 3.89. The molecule has 18 heavy (non-hydrogen) atoms. The van der Waals surface area contributed by atoms with E-state index >= 15 is 0 Å². The molecule has 2 rings (SSSR count). The summed E-state index contributed by atoms with van der Waals surface area (Å²) in [4.78, 5) is 13.9. The van der Waals surface area contributed by atoms with Crippen LogP contribution >= 0.6 is 0 Å². The number of hydrogen-bond donors (Lipinski definition) is 1. The third-order valence-electron chi connectivity index (χ3n) is 2.59. The van der Waals surface area contributed by atoms with Crippen molar-refractivity contribution >= 4 is 5.88 Å². The molecule has 0 unspecified atom stereocenters. The number of nitro groups is 1. The molecule has 0 spiro atoms. The second kappa shape index (κ2) is 5.42. The van der Waals surface area contributed by atoms with Gasteiger partial charge in [-0.05, 0) is 24.6 Å². The van der Waals surface area contributed by atoms with Crippen LogP contribution in [-0.4, -0.2) is 9.91 Å². The highest BCUT2D eigenvalue weighted by atomic mass is 16.6. The summed E-state index contributed by atoms with van der Waals surface area (Å²) in [6, 6.07) is 6.88. The average molecular weight is 247 g/mol. The van der Waals surface area contributed by atoms with E-state index in [1.165, 1.54) is 6.07 Å². The molecule has 0 saturated carbocycles. The Morgan fingerprint density at radius 2 is 2.33 bits per heavy atom. The lowest BCUT2D eigenvalue weighted by molar-refractivity contribution is -0.402.